The Balaban J connectivity index is 4.38. The molecule has 0 heterocycles. The van der Waals surface area contributed by atoms with Crippen LogP contribution < -0.4 is 0 Å². The minimum absolute atomic E-state index is 1.06. The molecule has 1 rings (SSSR count). The summed E-state index contributed by atoms with van der Waals surface area (Å²) in [5.41, 5.74) is -9.56. The zero-order chi connectivity index (χ0) is 17.2. The minimum Gasteiger partial charge on any atom is -0.258 e. The molecule has 0 spiro atoms. The van der Waals surface area contributed by atoms with Crippen molar-refractivity contribution < 1.29 is 19.7 Å². The number of nitrogens with zero attached hydrogens (tertiary/aromatic N) is 6. The molecule has 0 aliphatic carbocycles. The van der Waals surface area contributed by atoms with Crippen LogP contribution in [0.2, 0.25) is 0 Å². The van der Waals surface area contributed by atoms with Crippen LogP contribution in [0.3, 0.4) is 0 Å². The molecule has 0 N–H and O–H groups in total. The first-order valence-electron chi connectivity index (χ1n) is 4.80. The second-order valence-corrected chi connectivity index (χ2v) is 3.40. The molecule has 0 atom stereocenters. The summed E-state index contributed by atoms with van der Waals surface area (Å²) in [6.07, 6.45) is 0. The van der Waals surface area contributed by atoms with Crippen molar-refractivity contribution in [3.05, 3.63) is 51.6 Å². The Hall–Kier alpha value is -4.20. The second-order valence-electron chi connectivity index (χ2n) is 3.40. The number of rotatable bonds is 4. The molecule has 0 bridgehead atoms. The number of nitriles is 2. The van der Waals surface area contributed by atoms with Crippen LogP contribution in [0.1, 0.15) is 11.1 Å². The van der Waals surface area contributed by atoms with E-state index in [1.54, 1.807) is 0 Å². The molecule has 0 aliphatic heterocycles. The summed E-state index contributed by atoms with van der Waals surface area (Å²) < 4.78 is 0. The second kappa shape index (κ2) is 5.43. The summed E-state index contributed by atoms with van der Waals surface area (Å²) in [5, 5.41) is 61.1. The fraction of sp³-hybridized carbons (Fsp3) is 0. The lowest BCUT2D eigenvalue weighted by Gasteiger charge is -2.02. The Labute approximate surface area is 118 Å². The molecule has 14 nitrogen and oxygen atoms in total. The summed E-state index contributed by atoms with van der Waals surface area (Å²) in [6.45, 7) is 0. The fourth-order valence-corrected chi connectivity index (χ4v) is 1.62. The smallest absolute Gasteiger partial charge is 0.258 e. The third-order valence-electron chi connectivity index (χ3n) is 2.35. The molecule has 0 aliphatic rings. The van der Waals surface area contributed by atoms with Gasteiger partial charge in [0.1, 0.15) is 12.1 Å². The monoisotopic (exact) mass is 308 g/mol. The molecule has 1 aromatic carbocycles. The zero-order valence-electron chi connectivity index (χ0n) is 9.95. The lowest BCUT2D eigenvalue weighted by molar-refractivity contribution is -0.452. The van der Waals surface area contributed by atoms with E-state index in [0.29, 0.717) is 0 Å². The van der Waals surface area contributed by atoms with Crippen molar-refractivity contribution >= 4 is 22.7 Å². The first kappa shape index (κ1) is 15.9. The largest absolute Gasteiger partial charge is 0.431 e. The van der Waals surface area contributed by atoms with Crippen LogP contribution in [0.15, 0.2) is 0 Å². The number of hydrogen-bond donors (Lipinski definition) is 0. The van der Waals surface area contributed by atoms with Gasteiger partial charge in [0.25, 0.3) is 0 Å². The van der Waals surface area contributed by atoms with E-state index in [4.69, 9.17) is 10.5 Å². The molecule has 0 unspecified atom stereocenters. The first-order chi connectivity index (χ1) is 10.2. The standard InChI is InChI=1S/C8N6O8/c9-1-3-4(2-10)6(12(17)18)8(14(21)22)7(13(19)20)5(3)11(15)16. The molecular weight excluding hydrogens is 308 g/mol. The molecule has 14 heteroatoms. The Morgan fingerprint density at radius 1 is 0.591 bits per heavy atom. The van der Waals surface area contributed by atoms with E-state index in [-0.39, 0.29) is 0 Å². The van der Waals surface area contributed by atoms with Gasteiger partial charge in [0.2, 0.25) is 0 Å². The highest BCUT2D eigenvalue weighted by atomic mass is 16.7. The predicted octanol–water partition coefficient (Wildman–Crippen LogP) is 1.06. The van der Waals surface area contributed by atoms with E-state index < -0.39 is 53.6 Å². The Bertz CT molecular complexity index is 762. The number of benzene rings is 1. The van der Waals surface area contributed by atoms with Gasteiger partial charge in [-0.2, -0.15) is 10.5 Å². The quantitative estimate of drug-likeness (QED) is 0.567. The maximum atomic E-state index is 10.9. The molecule has 0 fully saturated rings. The van der Waals surface area contributed by atoms with Crippen molar-refractivity contribution in [2.45, 2.75) is 0 Å². The normalized spacial score (nSPS) is 9.36. The maximum Gasteiger partial charge on any atom is 0.431 e. The Kier molecular flexibility index (Phi) is 3.91. The summed E-state index contributed by atoms with van der Waals surface area (Å²) in [7, 11) is 0. The summed E-state index contributed by atoms with van der Waals surface area (Å²) in [4.78, 5) is 37.3. The van der Waals surface area contributed by atoms with E-state index >= 15 is 0 Å². The molecule has 0 radical (unpaired) electrons. The molecule has 110 valence electrons. The number of nitro groups is 4. The van der Waals surface area contributed by atoms with Gasteiger partial charge in [0.05, 0.1) is 19.7 Å². The molecule has 0 aromatic heterocycles. The zero-order valence-corrected chi connectivity index (χ0v) is 9.95. The SMILES string of the molecule is N#Cc1c(C#N)c([N+](=O)[O-])c([N+](=O)[O-])c([N+](=O)[O-])c1[N+](=O)[O-]. The summed E-state index contributed by atoms with van der Waals surface area (Å²) in [6, 6.07) is 2.11. The van der Waals surface area contributed by atoms with E-state index in [1.807, 2.05) is 0 Å². The van der Waals surface area contributed by atoms with E-state index in [9.17, 15) is 40.5 Å². The van der Waals surface area contributed by atoms with Gasteiger partial charge in [0.15, 0.2) is 11.1 Å². The van der Waals surface area contributed by atoms with Crippen molar-refractivity contribution in [3.8, 4) is 12.1 Å². The van der Waals surface area contributed by atoms with Crippen LogP contribution >= 0.6 is 0 Å². The van der Waals surface area contributed by atoms with Crippen LogP contribution in [-0.4, -0.2) is 19.7 Å². The lowest BCUT2D eigenvalue weighted by atomic mass is 10.0. The average molecular weight is 308 g/mol. The van der Waals surface area contributed by atoms with Gasteiger partial charge in [-0.25, -0.2) is 0 Å². The van der Waals surface area contributed by atoms with Gasteiger partial charge in [-0.05, 0) is 0 Å². The molecule has 0 saturated heterocycles. The highest BCUT2D eigenvalue weighted by Crippen LogP contribution is 2.47. The van der Waals surface area contributed by atoms with Crippen molar-refractivity contribution in [2.75, 3.05) is 0 Å². The minimum atomic E-state index is -1.84. The Morgan fingerprint density at radius 2 is 0.818 bits per heavy atom. The van der Waals surface area contributed by atoms with Crippen LogP contribution in [0.4, 0.5) is 22.7 Å². The third kappa shape index (κ3) is 2.18. The summed E-state index contributed by atoms with van der Waals surface area (Å²) >= 11 is 0. The van der Waals surface area contributed by atoms with Gasteiger partial charge >= 0.3 is 22.7 Å². The van der Waals surface area contributed by atoms with E-state index in [0.717, 1.165) is 12.1 Å². The topological polar surface area (TPSA) is 220 Å². The van der Waals surface area contributed by atoms with Crippen molar-refractivity contribution in [2.24, 2.45) is 0 Å². The van der Waals surface area contributed by atoms with Crippen LogP contribution in [0, 0.1) is 63.1 Å². The third-order valence-corrected chi connectivity index (χ3v) is 2.35. The molecule has 22 heavy (non-hydrogen) atoms. The maximum absolute atomic E-state index is 10.9. The number of nitro benzene ring substituents is 4. The van der Waals surface area contributed by atoms with Crippen LogP contribution in [0.25, 0.3) is 0 Å². The van der Waals surface area contributed by atoms with Crippen LogP contribution in [0.5, 0.6) is 0 Å². The number of hydrogen-bond acceptors (Lipinski definition) is 10. The predicted molar refractivity (Wildman–Crippen MR) is 62.5 cm³/mol. The fourth-order valence-electron chi connectivity index (χ4n) is 1.62. The van der Waals surface area contributed by atoms with Crippen molar-refractivity contribution in [1.82, 2.24) is 0 Å². The highest BCUT2D eigenvalue weighted by Gasteiger charge is 2.50. The van der Waals surface area contributed by atoms with Crippen molar-refractivity contribution in [1.29, 1.82) is 10.5 Å². The average Bonchev–Trinajstić information content (AvgIpc) is 2.42. The van der Waals surface area contributed by atoms with Gasteiger partial charge in [-0.15, -0.1) is 0 Å². The molecule has 0 amide bonds. The van der Waals surface area contributed by atoms with Crippen molar-refractivity contribution in [3.63, 3.8) is 0 Å². The van der Waals surface area contributed by atoms with Gasteiger partial charge in [-0.1, -0.05) is 0 Å². The van der Waals surface area contributed by atoms with Gasteiger partial charge in [0, 0.05) is 0 Å². The van der Waals surface area contributed by atoms with Crippen LogP contribution in [-0.2, 0) is 0 Å². The molecular formula is C8N6O8. The molecule has 0 saturated carbocycles. The summed E-state index contributed by atoms with van der Waals surface area (Å²) in [5.74, 6) is 0. The first-order valence-corrected chi connectivity index (χ1v) is 4.80. The van der Waals surface area contributed by atoms with E-state index in [1.165, 1.54) is 0 Å². The molecule has 1 aromatic rings. The highest BCUT2D eigenvalue weighted by molar-refractivity contribution is 5.84. The Morgan fingerprint density at radius 3 is 0.955 bits per heavy atom. The lowest BCUT2D eigenvalue weighted by Crippen LogP contribution is -2.09. The van der Waals surface area contributed by atoms with Gasteiger partial charge < -0.3 is 0 Å². The van der Waals surface area contributed by atoms with E-state index in [2.05, 4.69) is 0 Å². The van der Waals surface area contributed by atoms with Gasteiger partial charge in [-0.3, -0.25) is 40.5 Å².